The van der Waals surface area contributed by atoms with Gasteiger partial charge in [-0.2, -0.15) is 11.8 Å². The molecule has 0 aromatic heterocycles. The van der Waals surface area contributed by atoms with Gasteiger partial charge in [0.15, 0.2) is 0 Å². The number of carbonyl (C=O) groups is 2. The highest BCUT2D eigenvalue weighted by Crippen LogP contribution is 2.19. The average Bonchev–Trinajstić information content (AvgIpc) is 2.77. The standard InChI is InChI=1S/C28H45N3O2S.C2H2/c1-20(17-22-13-10-11-15-24(22)26(33)31-28(6,7)8)19-34-16-12-14-23(29-9)18-21(2)25(32)30-27(3,4)5;1-2/h10-15,18,20-21,29H,16-17,19H2,1-9H3,(H,30,32)(H,31,33);1-2H/b14-12-,23-18+;. The predicted octanol–water partition coefficient (Wildman–Crippen LogP) is 5.59. The Hall–Kier alpha value is -2.65. The highest BCUT2D eigenvalue weighted by molar-refractivity contribution is 7.99. The number of benzene rings is 1. The van der Waals surface area contributed by atoms with Crippen LogP contribution in [0, 0.1) is 24.7 Å². The number of terminal acetylenes is 1. The van der Waals surface area contributed by atoms with Gasteiger partial charge in [-0.15, -0.1) is 12.8 Å². The molecule has 0 bridgehead atoms. The molecular formula is C30H47N3O2S. The Balaban J connectivity index is 0.00000596. The van der Waals surface area contributed by atoms with E-state index < -0.39 is 0 Å². The van der Waals surface area contributed by atoms with E-state index >= 15 is 0 Å². The smallest absolute Gasteiger partial charge is 0.251 e. The van der Waals surface area contributed by atoms with Crippen LogP contribution < -0.4 is 16.0 Å². The van der Waals surface area contributed by atoms with Gasteiger partial charge >= 0.3 is 0 Å². The van der Waals surface area contributed by atoms with Crippen molar-refractivity contribution >= 4 is 23.6 Å². The quantitative estimate of drug-likeness (QED) is 0.205. The van der Waals surface area contributed by atoms with Gasteiger partial charge in [-0.05, 0) is 83.4 Å². The summed E-state index contributed by atoms with van der Waals surface area (Å²) in [6, 6.07) is 7.89. The zero-order valence-electron chi connectivity index (χ0n) is 23.7. The highest BCUT2D eigenvalue weighted by atomic mass is 32.2. The molecule has 3 N–H and O–H groups in total. The maximum atomic E-state index is 12.7. The van der Waals surface area contributed by atoms with Crippen molar-refractivity contribution in [2.45, 2.75) is 72.9 Å². The van der Waals surface area contributed by atoms with Crippen LogP contribution in [0.4, 0.5) is 0 Å². The molecule has 0 saturated carbocycles. The van der Waals surface area contributed by atoms with Crippen molar-refractivity contribution in [3.63, 3.8) is 0 Å². The molecule has 36 heavy (non-hydrogen) atoms. The molecule has 0 heterocycles. The molecule has 2 amide bonds. The van der Waals surface area contributed by atoms with E-state index in [1.165, 1.54) is 0 Å². The molecule has 1 rings (SSSR count). The van der Waals surface area contributed by atoms with Crippen LogP contribution in [0.15, 0.2) is 48.2 Å². The topological polar surface area (TPSA) is 70.2 Å². The van der Waals surface area contributed by atoms with Gasteiger partial charge in [0.2, 0.25) is 5.91 Å². The number of hydrogen-bond acceptors (Lipinski definition) is 4. The molecule has 0 fully saturated rings. The minimum atomic E-state index is -0.257. The van der Waals surface area contributed by atoms with Crippen molar-refractivity contribution in [2.24, 2.45) is 11.8 Å². The molecular weight excluding hydrogens is 466 g/mol. The molecule has 0 saturated heterocycles. The van der Waals surface area contributed by atoms with Gasteiger partial charge in [-0.25, -0.2) is 0 Å². The number of allylic oxidation sites excluding steroid dienone is 1. The van der Waals surface area contributed by atoms with E-state index in [1.807, 2.05) is 97.6 Å². The summed E-state index contributed by atoms with van der Waals surface area (Å²) in [5.41, 5.74) is 2.30. The first-order valence-electron chi connectivity index (χ1n) is 12.4. The second-order valence-corrected chi connectivity index (χ2v) is 12.1. The second kappa shape index (κ2) is 16.2. The molecule has 0 radical (unpaired) electrons. The van der Waals surface area contributed by atoms with Crippen molar-refractivity contribution in [3.8, 4) is 12.8 Å². The normalized spacial score (nSPS) is 13.8. The number of hydrogen-bond donors (Lipinski definition) is 3. The fraction of sp³-hybridized carbons (Fsp3) is 0.533. The maximum absolute atomic E-state index is 12.7. The van der Waals surface area contributed by atoms with E-state index in [4.69, 9.17) is 0 Å². The summed E-state index contributed by atoms with van der Waals surface area (Å²) in [5.74, 6) is 2.13. The van der Waals surface area contributed by atoms with E-state index in [0.29, 0.717) is 5.92 Å². The molecule has 1 aromatic rings. The summed E-state index contributed by atoms with van der Waals surface area (Å²) >= 11 is 1.87. The summed E-state index contributed by atoms with van der Waals surface area (Å²) < 4.78 is 0. The molecule has 2 atom stereocenters. The van der Waals surface area contributed by atoms with Crippen LogP contribution >= 0.6 is 11.8 Å². The summed E-state index contributed by atoms with van der Waals surface area (Å²) in [6.07, 6.45) is 15.0. The SMILES string of the molecule is C#C.CNC(/C=C\CSCC(C)Cc1ccccc1C(=O)NC(C)(C)C)=C/C(C)C(=O)NC(C)(C)C. The van der Waals surface area contributed by atoms with Gasteiger partial charge in [-0.1, -0.05) is 38.1 Å². The molecule has 0 aliphatic heterocycles. The lowest BCUT2D eigenvalue weighted by Crippen LogP contribution is -2.43. The summed E-state index contributed by atoms with van der Waals surface area (Å²) in [7, 11) is 1.87. The first-order chi connectivity index (χ1) is 16.7. The third-order valence-corrected chi connectivity index (χ3v) is 6.10. The third kappa shape index (κ3) is 14.7. The minimum absolute atomic E-state index is 0.0114. The molecule has 0 aliphatic carbocycles. The summed E-state index contributed by atoms with van der Waals surface area (Å²) in [4.78, 5) is 25.0. The first-order valence-corrected chi connectivity index (χ1v) is 13.6. The van der Waals surface area contributed by atoms with Crippen LogP contribution in [-0.2, 0) is 11.2 Å². The Bertz CT molecular complexity index is 905. The fourth-order valence-corrected chi connectivity index (χ4v) is 4.21. The Morgan fingerprint density at radius 2 is 1.58 bits per heavy atom. The van der Waals surface area contributed by atoms with Crippen LogP contribution in [0.3, 0.4) is 0 Å². The Labute approximate surface area is 224 Å². The molecule has 200 valence electrons. The van der Waals surface area contributed by atoms with Crippen molar-refractivity contribution in [1.29, 1.82) is 0 Å². The average molecular weight is 514 g/mol. The number of thioether (sulfide) groups is 1. The van der Waals surface area contributed by atoms with Crippen molar-refractivity contribution < 1.29 is 9.59 Å². The van der Waals surface area contributed by atoms with E-state index in [1.54, 1.807) is 0 Å². The van der Waals surface area contributed by atoms with Crippen molar-refractivity contribution in [2.75, 3.05) is 18.6 Å². The lowest BCUT2D eigenvalue weighted by atomic mass is 9.96. The van der Waals surface area contributed by atoms with Crippen molar-refractivity contribution in [1.82, 2.24) is 16.0 Å². The number of nitrogens with one attached hydrogen (secondary N) is 3. The Morgan fingerprint density at radius 1 is 1.00 bits per heavy atom. The zero-order chi connectivity index (χ0) is 27.9. The lowest BCUT2D eigenvalue weighted by molar-refractivity contribution is -0.124. The number of likely N-dealkylation sites (N-methyl/N-ethyl adjacent to an activating group) is 1. The molecule has 2 unspecified atom stereocenters. The third-order valence-electron chi connectivity index (χ3n) is 4.86. The fourth-order valence-electron chi connectivity index (χ4n) is 3.33. The van der Waals surface area contributed by atoms with E-state index in [0.717, 1.165) is 34.8 Å². The number of rotatable bonds is 11. The molecule has 1 aromatic carbocycles. The highest BCUT2D eigenvalue weighted by Gasteiger charge is 2.19. The second-order valence-electron chi connectivity index (χ2n) is 11.0. The van der Waals surface area contributed by atoms with E-state index in [9.17, 15) is 9.59 Å². The monoisotopic (exact) mass is 513 g/mol. The van der Waals surface area contributed by atoms with E-state index in [2.05, 4.69) is 47.9 Å². The summed E-state index contributed by atoms with van der Waals surface area (Å²) in [6.45, 7) is 16.1. The van der Waals surface area contributed by atoms with Gasteiger partial charge in [0, 0.05) is 35.1 Å². The van der Waals surface area contributed by atoms with Crippen LogP contribution in [0.5, 0.6) is 0 Å². The number of carbonyl (C=O) groups excluding carboxylic acids is 2. The predicted molar refractivity (Wildman–Crippen MR) is 157 cm³/mol. The zero-order valence-corrected chi connectivity index (χ0v) is 24.5. The van der Waals surface area contributed by atoms with Crippen LogP contribution in [-0.4, -0.2) is 41.4 Å². The van der Waals surface area contributed by atoms with Gasteiger partial charge in [0.1, 0.15) is 0 Å². The molecule has 0 aliphatic rings. The van der Waals surface area contributed by atoms with Gasteiger partial charge in [0.05, 0.1) is 5.92 Å². The van der Waals surface area contributed by atoms with E-state index in [-0.39, 0.29) is 28.8 Å². The van der Waals surface area contributed by atoms with Gasteiger partial charge < -0.3 is 16.0 Å². The van der Waals surface area contributed by atoms with Crippen LogP contribution in [0.2, 0.25) is 0 Å². The van der Waals surface area contributed by atoms with Crippen LogP contribution in [0.1, 0.15) is 71.3 Å². The largest absolute Gasteiger partial charge is 0.388 e. The molecule has 5 nitrogen and oxygen atoms in total. The van der Waals surface area contributed by atoms with Gasteiger partial charge in [-0.3, -0.25) is 9.59 Å². The maximum Gasteiger partial charge on any atom is 0.251 e. The van der Waals surface area contributed by atoms with Crippen LogP contribution in [0.25, 0.3) is 0 Å². The van der Waals surface area contributed by atoms with Gasteiger partial charge in [0.25, 0.3) is 5.91 Å². The Kier molecular flexibility index (Phi) is 15.0. The lowest BCUT2D eigenvalue weighted by Gasteiger charge is -2.22. The molecule has 0 spiro atoms. The number of amides is 2. The minimum Gasteiger partial charge on any atom is -0.388 e. The van der Waals surface area contributed by atoms with Crippen molar-refractivity contribution in [3.05, 3.63) is 59.3 Å². The first kappa shape index (κ1) is 33.4. The summed E-state index contributed by atoms with van der Waals surface area (Å²) in [5, 5.41) is 9.24. The molecule has 6 heteroatoms. The Morgan fingerprint density at radius 3 is 2.14 bits per heavy atom.